The number of rotatable bonds is 6. The Balaban J connectivity index is 1.20. The number of aromatic nitrogens is 1. The van der Waals surface area contributed by atoms with E-state index < -0.39 is 0 Å². The van der Waals surface area contributed by atoms with E-state index in [-0.39, 0.29) is 11.8 Å². The molecular weight excluding hydrogens is 352 g/mol. The van der Waals surface area contributed by atoms with Gasteiger partial charge in [0.2, 0.25) is 11.8 Å². The molecular formula is C22H32N4O2. The van der Waals surface area contributed by atoms with Crippen LogP contribution in [0.5, 0.6) is 0 Å². The minimum absolute atomic E-state index is 0.0915. The number of amides is 2. The fraction of sp³-hybridized carbons (Fsp3) is 0.682. The van der Waals surface area contributed by atoms with Crippen LogP contribution in [0.4, 0.5) is 0 Å². The van der Waals surface area contributed by atoms with Crippen LogP contribution in [0.1, 0.15) is 44.1 Å². The van der Waals surface area contributed by atoms with Gasteiger partial charge >= 0.3 is 0 Å². The molecule has 4 rings (SSSR count). The minimum Gasteiger partial charge on any atom is -0.355 e. The topological polar surface area (TPSA) is 65.5 Å². The summed E-state index contributed by atoms with van der Waals surface area (Å²) in [5.41, 5.74) is 1.15. The number of piperidine rings is 2. The van der Waals surface area contributed by atoms with Gasteiger partial charge in [0.25, 0.3) is 0 Å². The fourth-order valence-corrected chi connectivity index (χ4v) is 4.61. The van der Waals surface area contributed by atoms with Gasteiger partial charge in [-0.15, -0.1) is 0 Å². The van der Waals surface area contributed by atoms with Crippen molar-refractivity contribution in [1.29, 1.82) is 0 Å². The molecule has 0 aromatic carbocycles. The largest absolute Gasteiger partial charge is 0.355 e. The highest BCUT2D eigenvalue weighted by Crippen LogP contribution is 2.32. The van der Waals surface area contributed by atoms with Crippen molar-refractivity contribution >= 4 is 11.8 Å². The van der Waals surface area contributed by atoms with Crippen LogP contribution >= 0.6 is 0 Å². The summed E-state index contributed by atoms with van der Waals surface area (Å²) in [6.07, 6.45) is 10.8. The zero-order chi connectivity index (χ0) is 19.3. The third kappa shape index (κ3) is 4.90. The van der Waals surface area contributed by atoms with Crippen molar-refractivity contribution in [2.24, 2.45) is 11.8 Å². The highest BCUT2D eigenvalue weighted by atomic mass is 16.2. The number of pyridine rings is 1. The quantitative estimate of drug-likeness (QED) is 0.813. The lowest BCUT2D eigenvalue weighted by Crippen LogP contribution is -2.51. The smallest absolute Gasteiger partial charge is 0.225 e. The second-order valence-electron chi connectivity index (χ2n) is 8.57. The van der Waals surface area contributed by atoms with Crippen LogP contribution in [-0.4, -0.2) is 65.4 Å². The maximum atomic E-state index is 12.6. The van der Waals surface area contributed by atoms with Gasteiger partial charge < -0.3 is 10.2 Å². The first-order valence-corrected chi connectivity index (χ1v) is 10.9. The van der Waals surface area contributed by atoms with E-state index in [1.807, 2.05) is 18.3 Å². The van der Waals surface area contributed by atoms with Gasteiger partial charge in [0.1, 0.15) is 0 Å². The fourth-order valence-electron chi connectivity index (χ4n) is 4.61. The van der Waals surface area contributed by atoms with Crippen molar-refractivity contribution in [1.82, 2.24) is 20.1 Å². The van der Waals surface area contributed by atoms with Gasteiger partial charge in [-0.05, 0) is 63.1 Å². The number of likely N-dealkylation sites (tertiary alicyclic amines) is 2. The Labute approximate surface area is 167 Å². The molecule has 1 aliphatic carbocycles. The Morgan fingerprint density at radius 1 is 1.07 bits per heavy atom. The summed E-state index contributed by atoms with van der Waals surface area (Å²) in [6.45, 7) is 4.39. The molecule has 1 saturated carbocycles. The number of carbonyl (C=O) groups is 2. The first-order valence-electron chi connectivity index (χ1n) is 10.9. The van der Waals surface area contributed by atoms with Crippen LogP contribution < -0.4 is 5.32 Å². The first-order chi connectivity index (χ1) is 13.7. The maximum Gasteiger partial charge on any atom is 0.225 e. The number of carbonyl (C=O) groups excluding carboxylic acids is 2. The summed E-state index contributed by atoms with van der Waals surface area (Å²) in [7, 11) is 0. The van der Waals surface area contributed by atoms with Crippen LogP contribution in [0.25, 0.3) is 0 Å². The van der Waals surface area contributed by atoms with Gasteiger partial charge in [-0.25, -0.2) is 0 Å². The van der Waals surface area contributed by atoms with E-state index in [1.165, 1.54) is 0 Å². The molecule has 6 nitrogen and oxygen atoms in total. The molecule has 3 fully saturated rings. The molecule has 1 N–H and O–H groups in total. The maximum absolute atomic E-state index is 12.6. The number of nitrogens with one attached hydrogen (secondary N) is 1. The minimum atomic E-state index is 0.0915. The molecule has 0 bridgehead atoms. The zero-order valence-corrected chi connectivity index (χ0v) is 16.7. The lowest BCUT2D eigenvalue weighted by Gasteiger charge is -2.42. The lowest BCUT2D eigenvalue weighted by molar-refractivity contribution is -0.134. The van der Waals surface area contributed by atoms with Gasteiger partial charge in [0.05, 0.1) is 5.92 Å². The van der Waals surface area contributed by atoms with Crippen LogP contribution in [0.2, 0.25) is 0 Å². The number of hydrogen-bond donors (Lipinski definition) is 1. The van der Waals surface area contributed by atoms with Crippen LogP contribution in [0.15, 0.2) is 24.5 Å². The van der Waals surface area contributed by atoms with Crippen molar-refractivity contribution in [3.63, 3.8) is 0 Å². The van der Waals surface area contributed by atoms with E-state index >= 15 is 0 Å². The molecule has 28 heavy (non-hydrogen) atoms. The van der Waals surface area contributed by atoms with Gasteiger partial charge in [-0.2, -0.15) is 0 Å². The third-order valence-electron chi connectivity index (χ3n) is 6.48. The molecule has 2 amide bonds. The summed E-state index contributed by atoms with van der Waals surface area (Å²) in [6, 6.07) is 4.50. The molecule has 1 aromatic heterocycles. The third-order valence-corrected chi connectivity index (χ3v) is 6.48. The van der Waals surface area contributed by atoms with E-state index in [0.717, 1.165) is 76.7 Å². The number of hydrogen-bond acceptors (Lipinski definition) is 4. The zero-order valence-electron chi connectivity index (χ0n) is 16.7. The molecule has 1 unspecified atom stereocenters. The molecule has 1 atom stereocenters. The Bertz CT molecular complexity index is 668. The van der Waals surface area contributed by atoms with Crippen molar-refractivity contribution in [3.05, 3.63) is 30.1 Å². The molecule has 2 aliphatic heterocycles. The van der Waals surface area contributed by atoms with Crippen LogP contribution in [0.3, 0.4) is 0 Å². The van der Waals surface area contributed by atoms with Gasteiger partial charge in [0, 0.05) is 50.5 Å². The normalized spacial score (nSPS) is 24.1. The van der Waals surface area contributed by atoms with E-state index in [0.29, 0.717) is 24.4 Å². The Kier molecular flexibility index (Phi) is 6.25. The summed E-state index contributed by atoms with van der Waals surface area (Å²) in [5, 5.41) is 3.12. The summed E-state index contributed by atoms with van der Waals surface area (Å²) < 4.78 is 0. The predicted molar refractivity (Wildman–Crippen MR) is 108 cm³/mol. The molecule has 3 heterocycles. The Hall–Kier alpha value is -1.95. The molecule has 1 aromatic rings. The second kappa shape index (κ2) is 9.03. The van der Waals surface area contributed by atoms with Crippen molar-refractivity contribution in [2.45, 2.75) is 51.0 Å². The first kappa shape index (κ1) is 19.4. The van der Waals surface area contributed by atoms with Crippen molar-refractivity contribution in [2.75, 3.05) is 32.7 Å². The standard InChI is InChI=1S/C22H32N4O2/c27-21(24-11-7-17-3-1-10-23-15-17)19-4-2-12-26(16-19)20-8-13-25(14-9-20)22(28)18-5-6-18/h1,3,10,15,18-20H,2,4-9,11-14,16H2,(H,24,27). The summed E-state index contributed by atoms with van der Waals surface area (Å²) in [5.74, 6) is 0.984. The number of nitrogens with zero attached hydrogens (tertiary/aromatic N) is 3. The van der Waals surface area contributed by atoms with Gasteiger partial charge in [-0.1, -0.05) is 6.07 Å². The Morgan fingerprint density at radius 3 is 2.61 bits per heavy atom. The molecule has 0 radical (unpaired) electrons. The Morgan fingerprint density at radius 2 is 1.89 bits per heavy atom. The molecule has 3 aliphatic rings. The molecule has 152 valence electrons. The monoisotopic (exact) mass is 384 g/mol. The van der Waals surface area contributed by atoms with E-state index in [4.69, 9.17) is 0 Å². The SMILES string of the molecule is O=C(NCCc1cccnc1)C1CCCN(C2CCN(C(=O)C3CC3)CC2)C1. The summed E-state index contributed by atoms with van der Waals surface area (Å²) >= 11 is 0. The van der Waals surface area contributed by atoms with Crippen LogP contribution in [0, 0.1) is 11.8 Å². The predicted octanol–water partition coefficient (Wildman–Crippen LogP) is 1.85. The molecule has 2 saturated heterocycles. The van der Waals surface area contributed by atoms with Gasteiger partial charge in [-0.3, -0.25) is 19.5 Å². The second-order valence-corrected chi connectivity index (χ2v) is 8.57. The lowest BCUT2D eigenvalue weighted by atomic mass is 9.93. The van der Waals surface area contributed by atoms with Crippen molar-refractivity contribution < 1.29 is 9.59 Å². The molecule has 6 heteroatoms. The molecule has 0 spiro atoms. The average Bonchev–Trinajstić information content (AvgIpc) is 3.60. The highest BCUT2D eigenvalue weighted by Gasteiger charge is 2.37. The van der Waals surface area contributed by atoms with E-state index in [2.05, 4.69) is 20.1 Å². The van der Waals surface area contributed by atoms with Crippen LogP contribution in [-0.2, 0) is 16.0 Å². The van der Waals surface area contributed by atoms with Crippen molar-refractivity contribution in [3.8, 4) is 0 Å². The highest BCUT2D eigenvalue weighted by molar-refractivity contribution is 5.81. The van der Waals surface area contributed by atoms with Gasteiger partial charge in [0.15, 0.2) is 0 Å². The summed E-state index contributed by atoms with van der Waals surface area (Å²) in [4.78, 5) is 33.6. The average molecular weight is 385 g/mol. The van der Waals surface area contributed by atoms with E-state index in [9.17, 15) is 9.59 Å². The van der Waals surface area contributed by atoms with E-state index in [1.54, 1.807) is 6.20 Å².